The smallest absolute Gasteiger partial charge is 0.262 e. The second kappa shape index (κ2) is 9.92. The Labute approximate surface area is 191 Å². The number of benzene rings is 2. The molecule has 1 aliphatic rings. The van der Waals surface area contributed by atoms with Gasteiger partial charge in [0.25, 0.3) is 15.9 Å². The summed E-state index contributed by atoms with van der Waals surface area (Å²) in [5.74, 6) is -0.107. The molecule has 0 saturated carbocycles. The Morgan fingerprint density at radius 3 is 2.25 bits per heavy atom. The molecule has 1 fully saturated rings. The number of hydrogen-bond donors (Lipinski definition) is 2. The summed E-state index contributed by atoms with van der Waals surface area (Å²) in [5.41, 5.74) is 4.36. The summed E-state index contributed by atoms with van der Waals surface area (Å²) in [5, 5.41) is 3.32. The van der Waals surface area contributed by atoms with Gasteiger partial charge in [-0.2, -0.15) is 0 Å². The van der Waals surface area contributed by atoms with Crippen LogP contribution in [0.25, 0.3) is 0 Å². The Kier molecular flexibility index (Phi) is 7.46. The summed E-state index contributed by atoms with van der Waals surface area (Å²) in [6, 6.07) is 8.92. The van der Waals surface area contributed by atoms with Crippen LogP contribution < -0.4 is 14.9 Å². The fourth-order valence-corrected chi connectivity index (χ4v) is 5.43. The van der Waals surface area contributed by atoms with E-state index < -0.39 is 10.0 Å². The van der Waals surface area contributed by atoms with E-state index in [0.717, 1.165) is 43.0 Å². The Hall–Kier alpha value is -2.58. The molecule has 1 saturated heterocycles. The predicted molar refractivity (Wildman–Crippen MR) is 130 cm³/mol. The highest BCUT2D eigenvalue weighted by Gasteiger charge is 2.24. The van der Waals surface area contributed by atoms with Crippen LogP contribution in [-0.4, -0.2) is 58.5 Å². The van der Waals surface area contributed by atoms with Crippen LogP contribution >= 0.6 is 0 Å². The number of aryl methyl sites for hydroxylation is 3. The summed E-state index contributed by atoms with van der Waals surface area (Å²) in [4.78, 5) is 17.1. The predicted octanol–water partition coefficient (Wildman–Crippen LogP) is 3.30. The minimum atomic E-state index is -3.84. The first kappa shape index (κ1) is 24.1. The molecule has 0 aliphatic carbocycles. The van der Waals surface area contributed by atoms with Crippen molar-refractivity contribution in [1.29, 1.82) is 0 Å². The number of carbonyl (C=O) groups is 1. The number of piperazine rings is 1. The lowest BCUT2D eigenvalue weighted by molar-refractivity contribution is 0.0773. The van der Waals surface area contributed by atoms with E-state index >= 15 is 0 Å². The van der Waals surface area contributed by atoms with Crippen LogP contribution in [0.1, 0.15) is 40.9 Å². The molecule has 32 heavy (non-hydrogen) atoms. The van der Waals surface area contributed by atoms with E-state index in [1.807, 2.05) is 39.8 Å². The maximum absolute atomic E-state index is 13.4. The molecule has 0 radical (unpaired) electrons. The van der Waals surface area contributed by atoms with E-state index in [9.17, 15) is 13.2 Å². The Morgan fingerprint density at radius 2 is 1.62 bits per heavy atom. The van der Waals surface area contributed by atoms with Gasteiger partial charge in [0.15, 0.2) is 0 Å². The van der Waals surface area contributed by atoms with Crippen molar-refractivity contribution in [2.75, 3.05) is 48.9 Å². The van der Waals surface area contributed by atoms with Crippen LogP contribution in [0.3, 0.4) is 0 Å². The minimum Gasteiger partial charge on any atom is -0.367 e. The highest BCUT2D eigenvalue weighted by Crippen LogP contribution is 2.31. The van der Waals surface area contributed by atoms with E-state index in [0.29, 0.717) is 29.9 Å². The van der Waals surface area contributed by atoms with Crippen LogP contribution in [0, 0.1) is 20.8 Å². The van der Waals surface area contributed by atoms with Gasteiger partial charge < -0.3 is 15.1 Å². The molecule has 2 aromatic rings. The first-order chi connectivity index (χ1) is 15.2. The van der Waals surface area contributed by atoms with Gasteiger partial charge in [0.05, 0.1) is 16.3 Å². The standard InChI is InChI=1S/C24H34N4O3S/c1-6-27(7-2)24(29)20-8-9-22(28-12-10-25-11-13-28)21(16-20)26-32(30,31)23-15-18(4)17(3)14-19(23)5/h8-9,14-16,25-26H,6-7,10-13H2,1-5H3. The normalized spacial score (nSPS) is 14.3. The van der Waals surface area contributed by atoms with E-state index in [4.69, 9.17) is 0 Å². The maximum atomic E-state index is 13.4. The van der Waals surface area contributed by atoms with Crippen molar-refractivity contribution >= 4 is 27.3 Å². The molecule has 2 N–H and O–H groups in total. The van der Waals surface area contributed by atoms with E-state index in [2.05, 4.69) is 14.9 Å². The lowest BCUT2D eigenvalue weighted by Crippen LogP contribution is -2.43. The van der Waals surface area contributed by atoms with Crippen molar-refractivity contribution in [3.05, 3.63) is 52.6 Å². The van der Waals surface area contributed by atoms with Crippen LogP contribution in [0.5, 0.6) is 0 Å². The third kappa shape index (κ3) is 5.07. The SMILES string of the molecule is CCN(CC)C(=O)c1ccc(N2CCNCC2)c(NS(=O)(=O)c2cc(C)c(C)cc2C)c1. The number of sulfonamides is 1. The minimum absolute atomic E-state index is 0.107. The third-order valence-electron chi connectivity index (χ3n) is 6.08. The van der Waals surface area contributed by atoms with Crippen molar-refractivity contribution < 1.29 is 13.2 Å². The van der Waals surface area contributed by atoms with Crippen molar-refractivity contribution in [2.45, 2.75) is 39.5 Å². The van der Waals surface area contributed by atoms with E-state index in [-0.39, 0.29) is 10.8 Å². The molecule has 1 aliphatic heterocycles. The maximum Gasteiger partial charge on any atom is 0.262 e. The molecule has 0 aromatic heterocycles. The second-order valence-corrected chi connectivity index (χ2v) is 9.90. The average molecular weight is 459 g/mol. The van der Waals surface area contributed by atoms with Crippen LogP contribution in [0.2, 0.25) is 0 Å². The first-order valence-electron chi connectivity index (χ1n) is 11.2. The lowest BCUT2D eigenvalue weighted by atomic mass is 10.1. The molecular weight excluding hydrogens is 424 g/mol. The van der Waals surface area contributed by atoms with Gasteiger partial charge in [0.1, 0.15) is 0 Å². The highest BCUT2D eigenvalue weighted by molar-refractivity contribution is 7.92. The zero-order valence-electron chi connectivity index (χ0n) is 19.7. The Balaban J connectivity index is 2.06. The molecule has 174 valence electrons. The quantitative estimate of drug-likeness (QED) is 0.665. The number of rotatable bonds is 7. The summed E-state index contributed by atoms with van der Waals surface area (Å²) in [6.07, 6.45) is 0. The number of amides is 1. The van der Waals surface area contributed by atoms with Crippen LogP contribution in [-0.2, 0) is 10.0 Å². The van der Waals surface area contributed by atoms with Gasteiger partial charge in [-0.1, -0.05) is 6.07 Å². The fourth-order valence-electron chi connectivity index (χ4n) is 4.05. The van der Waals surface area contributed by atoms with Gasteiger partial charge in [-0.3, -0.25) is 9.52 Å². The van der Waals surface area contributed by atoms with Gasteiger partial charge in [0.2, 0.25) is 0 Å². The molecule has 7 nitrogen and oxygen atoms in total. The highest BCUT2D eigenvalue weighted by atomic mass is 32.2. The average Bonchev–Trinajstić information content (AvgIpc) is 2.77. The van der Waals surface area contributed by atoms with Crippen LogP contribution in [0.4, 0.5) is 11.4 Å². The van der Waals surface area contributed by atoms with Gasteiger partial charge in [0, 0.05) is 44.8 Å². The summed E-state index contributed by atoms with van der Waals surface area (Å²) < 4.78 is 29.6. The number of nitrogens with zero attached hydrogens (tertiary/aromatic N) is 2. The van der Waals surface area contributed by atoms with E-state index in [1.54, 1.807) is 30.0 Å². The van der Waals surface area contributed by atoms with Gasteiger partial charge in [-0.25, -0.2) is 8.42 Å². The van der Waals surface area contributed by atoms with Gasteiger partial charge >= 0.3 is 0 Å². The second-order valence-electron chi connectivity index (χ2n) is 8.25. The zero-order chi connectivity index (χ0) is 23.5. The number of carbonyl (C=O) groups excluding carboxylic acids is 1. The molecule has 0 bridgehead atoms. The van der Waals surface area contributed by atoms with E-state index in [1.165, 1.54) is 0 Å². The number of hydrogen-bond acceptors (Lipinski definition) is 5. The molecule has 0 atom stereocenters. The van der Waals surface area contributed by atoms with Crippen molar-refractivity contribution in [1.82, 2.24) is 10.2 Å². The molecule has 2 aromatic carbocycles. The molecule has 1 heterocycles. The van der Waals surface area contributed by atoms with Crippen molar-refractivity contribution in [3.8, 4) is 0 Å². The van der Waals surface area contributed by atoms with Crippen molar-refractivity contribution in [2.24, 2.45) is 0 Å². The zero-order valence-corrected chi connectivity index (χ0v) is 20.5. The molecule has 0 spiro atoms. The van der Waals surface area contributed by atoms with Gasteiger partial charge in [-0.05, 0) is 75.6 Å². The Morgan fingerprint density at radius 1 is 1.00 bits per heavy atom. The topological polar surface area (TPSA) is 81.8 Å². The molecule has 3 rings (SSSR count). The summed E-state index contributed by atoms with van der Waals surface area (Å²) >= 11 is 0. The molecule has 0 unspecified atom stereocenters. The molecular formula is C24H34N4O3S. The van der Waals surface area contributed by atoms with Crippen LogP contribution in [0.15, 0.2) is 35.2 Å². The molecule has 8 heteroatoms. The lowest BCUT2D eigenvalue weighted by Gasteiger charge is -2.31. The largest absolute Gasteiger partial charge is 0.367 e. The first-order valence-corrected chi connectivity index (χ1v) is 12.7. The summed E-state index contributed by atoms with van der Waals surface area (Å²) in [7, 11) is -3.84. The Bertz CT molecular complexity index is 1090. The number of nitrogens with one attached hydrogen (secondary N) is 2. The fraction of sp³-hybridized carbons (Fsp3) is 0.458. The third-order valence-corrected chi connectivity index (χ3v) is 7.58. The number of anilines is 2. The van der Waals surface area contributed by atoms with Crippen molar-refractivity contribution in [3.63, 3.8) is 0 Å². The van der Waals surface area contributed by atoms with Gasteiger partial charge in [-0.15, -0.1) is 0 Å². The molecule has 1 amide bonds. The monoisotopic (exact) mass is 458 g/mol. The summed E-state index contributed by atoms with van der Waals surface area (Å²) in [6.45, 7) is 13.9.